The molecule has 0 spiro atoms. The van der Waals surface area contributed by atoms with Gasteiger partial charge >= 0.3 is 0 Å². The zero-order chi connectivity index (χ0) is 20.1. The van der Waals surface area contributed by atoms with Crippen LogP contribution >= 0.6 is 11.3 Å². The van der Waals surface area contributed by atoms with Crippen LogP contribution in [-0.4, -0.2) is 59.6 Å². The van der Waals surface area contributed by atoms with Crippen molar-refractivity contribution in [1.82, 2.24) is 19.6 Å². The van der Waals surface area contributed by atoms with Crippen LogP contribution in [0.2, 0.25) is 0 Å². The van der Waals surface area contributed by atoms with Crippen molar-refractivity contribution in [2.75, 3.05) is 39.4 Å². The van der Waals surface area contributed by atoms with Crippen LogP contribution in [0, 0.1) is 0 Å². The molecule has 1 amide bonds. The Balaban J connectivity index is 1.31. The fourth-order valence-electron chi connectivity index (χ4n) is 3.59. The molecule has 0 saturated carbocycles. The lowest BCUT2D eigenvalue weighted by atomic mass is 10.1. The second kappa shape index (κ2) is 9.52. The molecule has 1 N–H and O–H groups in total. The van der Waals surface area contributed by atoms with E-state index in [1.807, 2.05) is 16.0 Å². The number of fused-ring (bicyclic) bond motifs is 1. The number of imidazole rings is 1. The summed E-state index contributed by atoms with van der Waals surface area (Å²) in [7, 11) is 0. The van der Waals surface area contributed by atoms with Gasteiger partial charge in [0.05, 0.1) is 25.3 Å². The molecule has 7 heteroatoms. The molecule has 0 unspecified atom stereocenters. The molecule has 1 aliphatic heterocycles. The first-order chi connectivity index (χ1) is 14.2. The van der Waals surface area contributed by atoms with Crippen LogP contribution < -0.4 is 5.32 Å². The molecule has 154 valence electrons. The molecule has 3 aromatic rings. The number of benzene rings is 1. The number of rotatable bonds is 8. The molecule has 1 fully saturated rings. The van der Waals surface area contributed by atoms with Gasteiger partial charge in [0, 0.05) is 42.5 Å². The number of ether oxygens (including phenoxy) is 1. The predicted octanol–water partition coefficient (Wildman–Crippen LogP) is 3.01. The highest BCUT2D eigenvalue weighted by Gasteiger charge is 2.13. The molecule has 0 aliphatic carbocycles. The van der Waals surface area contributed by atoms with Crippen LogP contribution in [0.1, 0.15) is 24.6 Å². The lowest BCUT2D eigenvalue weighted by Gasteiger charge is -2.26. The number of amides is 1. The van der Waals surface area contributed by atoms with Crippen molar-refractivity contribution in [3.63, 3.8) is 0 Å². The molecule has 1 aromatic carbocycles. The average molecular weight is 413 g/mol. The summed E-state index contributed by atoms with van der Waals surface area (Å²) in [5.41, 5.74) is 4.36. The maximum atomic E-state index is 12.4. The van der Waals surface area contributed by atoms with E-state index in [1.54, 1.807) is 11.3 Å². The van der Waals surface area contributed by atoms with Gasteiger partial charge in [-0.15, -0.1) is 11.3 Å². The van der Waals surface area contributed by atoms with Gasteiger partial charge in [-0.05, 0) is 24.9 Å². The molecule has 0 radical (unpaired) electrons. The van der Waals surface area contributed by atoms with E-state index in [4.69, 9.17) is 9.72 Å². The summed E-state index contributed by atoms with van der Waals surface area (Å²) in [6.45, 7) is 7.49. The van der Waals surface area contributed by atoms with Gasteiger partial charge in [0.1, 0.15) is 0 Å². The number of carbonyl (C=O) groups excluding carboxylic acids is 1. The molecule has 6 nitrogen and oxygen atoms in total. The van der Waals surface area contributed by atoms with Gasteiger partial charge in [-0.25, -0.2) is 4.98 Å². The fourth-order valence-corrected chi connectivity index (χ4v) is 4.46. The monoisotopic (exact) mass is 412 g/mol. The van der Waals surface area contributed by atoms with Crippen LogP contribution in [0.3, 0.4) is 0 Å². The Morgan fingerprint density at radius 3 is 2.79 bits per heavy atom. The minimum atomic E-state index is 0.0641. The zero-order valence-corrected chi connectivity index (χ0v) is 17.7. The molecular weight excluding hydrogens is 384 g/mol. The van der Waals surface area contributed by atoms with Gasteiger partial charge in [-0.1, -0.05) is 31.2 Å². The molecule has 0 atom stereocenters. The van der Waals surface area contributed by atoms with E-state index in [0.717, 1.165) is 67.6 Å². The highest BCUT2D eigenvalue weighted by Crippen LogP contribution is 2.24. The maximum absolute atomic E-state index is 12.4. The Bertz CT molecular complexity index is 942. The van der Waals surface area contributed by atoms with Crippen molar-refractivity contribution in [3.05, 3.63) is 47.1 Å². The molecule has 3 heterocycles. The van der Waals surface area contributed by atoms with E-state index >= 15 is 0 Å². The van der Waals surface area contributed by atoms with Gasteiger partial charge in [-0.3, -0.25) is 14.1 Å². The molecule has 2 aromatic heterocycles. The lowest BCUT2D eigenvalue weighted by molar-refractivity contribution is -0.120. The fraction of sp³-hybridized carbons (Fsp3) is 0.455. The third-order valence-corrected chi connectivity index (χ3v) is 6.25. The minimum absolute atomic E-state index is 0.0641. The number of nitrogens with one attached hydrogen (secondary N) is 1. The summed E-state index contributed by atoms with van der Waals surface area (Å²) in [4.78, 5) is 20.4. The molecule has 1 saturated heterocycles. The van der Waals surface area contributed by atoms with E-state index in [9.17, 15) is 4.79 Å². The summed E-state index contributed by atoms with van der Waals surface area (Å²) in [5, 5.41) is 5.08. The first kappa shape index (κ1) is 20.1. The second-order valence-electron chi connectivity index (χ2n) is 7.39. The molecule has 1 aliphatic rings. The third kappa shape index (κ3) is 5.04. The Morgan fingerprint density at radius 1 is 1.24 bits per heavy atom. The summed E-state index contributed by atoms with van der Waals surface area (Å²) in [5.74, 6) is 0.0641. The van der Waals surface area contributed by atoms with E-state index in [0.29, 0.717) is 13.0 Å². The minimum Gasteiger partial charge on any atom is -0.379 e. The van der Waals surface area contributed by atoms with Crippen LogP contribution in [0.4, 0.5) is 0 Å². The predicted molar refractivity (Wildman–Crippen MR) is 116 cm³/mol. The van der Waals surface area contributed by atoms with Crippen molar-refractivity contribution < 1.29 is 9.53 Å². The van der Waals surface area contributed by atoms with Crippen molar-refractivity contribution in [3.8, 4) is 11.3 Å². The van der Waals surface area contributed by atoms with Crippen LogP contribution in [0.5, 0.6) is 0 Å². The first-order valence-electron chi connectivity index (χ1n) is 10.3. The van der Waals surface area contributed by atoms with Crippen molar-refractivity contribution in [2.45, 2.75) is 26.2 Å². The quantitative estimate of drug-likeness (QED) is 0.578. The number of thiazole rings is 1. The lowest BCUT2D eigenvalue weighted by Crippen LogP contribution is -2.38. The Labute approximate surface area is 175 Å². The molecular formula is C22H28N4O2S. The summed E-state index contributed by atoms with van der Waals surface area (Å²) >= 11 is 1.58. The average Bonchev–Trinajstić information content (AvgIpc) is 3.34. The standard InChI is InChI=1S/C22H28N4O2S/c1-2-17-4-6-18(7-5-17)20-15-26-19(16-29-22(26)24-20)14-21(27)23-8-3-9-25-10-12-28-13-11-25/h4-7,15-16H,2-3,8-14H2,1H3,(H,23,27). The Hall–Kier alpha value is -2.22. The summed E-state index contributed by atoms with van der Waals surface area (Å²) in [6, 6.07) is 8.53. The van der Waals surface area contributed by atoms with Gasteiger partial charge in [0.15, 0.2) is 4.96 Å². The Kier molecular flexibility index (Phi) is 6.59. The van der Waals surface area contributed by atoms with E-state index in [1.165, 1.54) is 5.56 Å². The third-order valence-electron chi connectivity index (χ3n) is 5.36. The van der Waals surface area contributed by atoms with Crippen molar-refractivity contribution in [2.24, 2.45) is 0 Å². The van der Waals surface area contributed by atoms with E-state index < -0.39 is 0 Å². The first-order valence-corrected chi connectivity index (χ1v) is 11.2. The normalized spacial score (nSPS) is 15.1. The number of morpholine rings is 1. The molecule has 4 rings (SSSR count). The molecule has 29 heavy (non-hydrogen) atoms. The van der Waals surface area contributed by atoms with Gasteiger partial charge in [-0.2, -0.15) is 0 Å². The number of aromatic nitrogens is 2. The van der Waals surface area contributed by atoms with Gasteiger partial charge < -0.3 is 10.1 Å². The van der Waals surface area contributed by atoms with Gasteiger partial charge in [0.25, 0.3) is 0 Å². The summed E-state index contributed by atoms with van der Waals surface area (Å²) in [6.07, 6.45) is 4.41. The number of carbonyl (C=O) groups is 1. The van der Waals surface area contributed by atoms with Crippen LogP contribution in [0.15, 0.2) is 35.8 Å². The number of nitrogens with zero attached hydrogens (tertiary/aromatic N) is 3. The molecule has 0 bridgehead atoms. The largest absolute Gasteiger partial charge is 0.379 e. The number of hydrogen-bond acceptors (Lipinski definition) is 5. The summed E-state index contributed by atoms with van der Waals surface area (Å²) < 4.78 is 7.40. The maximum Gasteiger partial charge on any atom is 0.225 e. The number of aryl methyl sites for hydroxylation is 1. The Morgan fingerprint density at radius 2 is 2.03 bits per heavy atom. The van der Waals surface area contributed by atoms with Gasteiger partial charge in [0.2, 0.25) is 5.91 Å². The smallest absolute Gasteiger partial charge is 0.225 e. The van der Waals surface area contributed by atoms with Crippen LogP contribution in [-0.2, 0) is 22.4 Å². The van der Waals surface area contributed by atoms with E-state index in [-0.39, 0.29) is 5.91 Å². The van der Waals surface area contributed by atoms with E-state index in [2.05, 4.69) is 41.4 Å². The SMILES string of the molecule is CCc1ccc(-c2cn3c(CC(=O)NCCCN4CCOCC4)csc3n2)cc1. The highest BCUT2D eigenvalue weighted by atomic mass is 32.1. The highest BCUT2D eigenvalue weighted by molar-refractivity contribution is 7.15. The van der Waals surface area contributed by atoms with Crippen molar-refractivity contribution in [1.29, 1.82) is 0 Å². The zero-order valence-electron chi connectivity index (χ0n) is 16.9. The second-order valence-corrected chi connectivity index (χ2v) is 8.23. The topological polar surface area (TPSA) is 58.9 Å². The van der Waals surface area contributed by atoms with Crippen molar-refractivity contribution >= 4 is 22.2 Å². The number of hydrogen-bond donors (Lipinski definition) is 1. The van der Waals surface area contributed by atoms with Crippen LogP contribution in [0.25, 0.3) is 16.2 Å².